The van der Waals surface area contributed by atoms with Crippen LogP contribution in [0.4, 0.5) is 0 Å². The Morgan fingerprint density at radius 2 is 2.19 bits per heavy atom. The van der Waals surface area contributed by atoms with Crippen LogP contribution in [-0.4, -0.2) is 34.9 Å². The van der Waals surface area contributed by atoms with Crippen LogP contribution in [0.25, 0.3) is 0 Å². The number of hydrogen-bond acceptors (Lipinski definition) is 3. The highest BCUT2D eigenvalue weighted by Gasteiger charge is 2.30. The molecule has 1 aromatic heterocycles. The molecule has 1 aromatic rings. The average Bonchev–Trinajstić information content (AvgIpc) is 2.97. The highest BCUT2D eigenvalue weighted by atomic mass is 16.5. The van der Waals surface area contributed by atoms with Gasteiger partial charge in [0.25, 0.3) is 0 Å². The van der Waals surface area contributed by atoms with Crippen molar-refractivity contribution in [1.82, 2.24) is 15.1 Å². The molecule has 0 bridgehead atoms. The van der Waals surface area contributed by atoms with Gasteiger partial charge in [-0.3, -0.25) is 9.48 Å². The predicted octanol–water partition coefficient (Wildman–Crippen LogP) is 1.76. The Morgan fingerprint density at radius 3 is 2.76 bits per heavy atom. The van der Waals surface area contributed by atoms with Crippen molar-refractivity contribution < 1.29 is 9.53 Å². The molecule has 0 saturated carbocycles. The van der Waals surface area contributed by atoms with Gasteiger partial charge in [-0.2, -0.15) is 5.10 Å². The van der Waals surface area contributed by atoms with Gasteiger partial charge in [-0.15, -0.1) is 0 Å². The number of rotatable bonds is 5. The molecule has 0 aromatic carbocycles. The van der Waals surface area contributed by atoms with Gasteiger partial charge in [0.2, 0.25) is 5.91 Å². The first kappa shape index (κ1) is 16.0. The van der Waals surface area contributed by atoms with Gasteiger partial charge in [-0.25, -0.2) is 0 Å². The van der Waals surface area contributed by atoms with Crippen LogP contribution in [0, 0.1) is 25.7 Å². The van der Waals surface area contributed by atoms with Crippen LogP contribution in [-0.2, 0) is 23.0 Å². The largest absolute Gasteiger partial charge is 0.378 e. The molecular weight excluding hydrogens is 266 g/mol. The summed E-state index contributed by atoms with van der Waals surface area (Å²) >= 11 is 0. The standard InChI is InChI=1S/C16H27N3O2/c1-10(2)16-13(6-7-21-16)9-17-15(20)8-14-11(3)18-19(5)12(14)4/h10,13,16H,6-9H2,1-5H3,(H,17,20)/t13-,16-/m0/s1. The van der Waals surface area contributed by atoms with E-state index in [0.717, 1.165) is 30.0 Å². The second kappa shape index (κ2) is 6.60. The number of ether oxygens (including phenoxy) is 1. The molecule has 1 saturated heterocycles. The van der Waals surface area contributed by atoms with E-state index in [1.54, 1.807) is 0 Å². The number of aromatic nitrogens is 2. The van der Waals surface area contributed by atoms with E-state index in [2.05, 4.69) is 24.3 Å². The zero-order chi connectivity index (χ0) is 15.6. The van der Waals surface area contributed by atoms with Gasteiger partial charge >= 0.3 is 0 Å². The number of amides is 1. The first-order valence-corrected chi connectivity index (χ1v) is 7.77. The molecule has 5 heteroatoms. The van der Waals surface area contributed by atoms with Crippen LogP contribution in [0.15, 0.2) is 0 Å². The van der Waals surface area contributed by atoms with E-state index < -0.39 is 0 Å². The molecule has 0 unspecified atom stereocenters. The summed E-state index contributed by atoms with van der Waals surface area (Å²) in [7, 11) is 1.91. The molecule has 1 amide bonds. The fourth-order valence-corrected chi connectivity index (χ4v) is 3.15. The van der Waals surface area contributed by atoms with Crippen LogP contribution < -0.4 is 5.32 Å². The van der Waals surface area contributed by atoms with Crippen LogP contribution in [0.3, 0.4) is 0 Å². The Morgan fingerprint density at radius 1 is 1.48 bits per heavy atom. The fraction of sp³-hybridized carbons (Fsp3) is 0.750. The predicted molar refractivity (Wildman–Crippen MR) is 82.1 cm³/mol. The monoisotopic (exact) mass is 293 g/mol. The van der Waals surface area contributed by atoms with Crippen molar-refractivity contribution >= 4 is 5.91 Å². The lowest BCUT2D eigenvalue weighted by atomic mass is 9.93. The zero-order valence-electron chi connectivity index (χ0n) is 13.8. The number of carbonyl (C=O) groups is 1. The van der Waals surface area contributed by atoms with Crippen molar-refractivity contribution in [2.75, 3.05) is 13.2 Å². The second-order valence-electron chi connectivity index (χ2n) is 6.38. The number of aryl methyl sites for hydroxylation is 2. The van der Waals surface area contributed by atoms with E-state index >= 15 is 0 Å². The Balaban J connectivity index is 1.88. The molecule has 1 N–H and O–H groups in total. The Hall–Kier alpha value is -1.36. The minimum atomic E-state index is 0.0728. The minimum Gasteiger partial charge on any atom is -0.378 e. The summed E-state index contributed by atoms with van der Waals surface area (Å²) < 4.78 is 7.59. The second-order valence-corrected chi connectivity index (χ2v) is 6.38. The maximum Gasteiger partial charge on any atom is 0.224 e. The van der Waals surface area contributed by atoms with E-state index in [1.165, 1.54) is 0 Å². The SMILES string of the molecule is Cc1nn(C)c(C)c1CC(=O)NC[C@@H]1CCO[C@H]1C(C)C. The molecule has 0 aliphatic carbocycles. The van der Waals surface area contributed by atoms with Crippen LogP contribution in [0.5, 0.6) is 0 Å². The Bertz CT molecular complexity index is 508. The van der Waals surface area contributed by atoms with Gasteiger partial charge in [-0.05, 0) is 26.2 Å². The van der Waals surface area contributed by atoms with Gasteiger partial charge in [-0.1, -0.05) is 13.8 Å². The van der Waals surface area contributed by atoms with Crippen LogP contribution in [0.2, 0.25) is 0 Å². The third-order valence-corrected chi connectivity index (χ3v) is 4.48. The summed E-state index contributed by atoms with van der Waals surface area (Å²) in [6, 6.07) is 0. The summed E-state index contributed by atoms with van der Waals surface area (Å²) in [5.41, 5.74) is 3.04. The van der Waals surface area contributed by atoms with Gasteiger partial charge in [0.1, 0.15) is 0 Å². The average molecular weight is 293 g/mol. The molecule has 2 atom stereocenters. The summed E-state index contributed by atoms with van der Waals surface area (Å²) in [5.74, 6) is 1.01. The number of hydrogen-bond donors (Lipinski definition) is 1. The lowest BCUT2D eigenvalue weighted by Gasteiger charge is -2.22. The summed E-state index contributed by atoms with van der Waals surface area (Å²) in [5, 5.41) is 7.42. The lowest BCUT2D eigenvalue weighted by Crippen LogP contribution is -2.35. The van der Waals surface area contributed by atoms with Crippen molar-refractivity contribution in [3.63, 3.8) is 0 Å². The van der Waals surface area contributed by atoms with Gasteiger partial charge < -0.3 is 10.1 Å². The quantitative estimate of drug-likeness (QED) is 0.900. The molecule has 1 fully saturated rings. The van der Waals surface area contributed by atoms with E-state index in [4.69, 9.17) is 4.74 Å². The highest BCUT2D eigenvalue weighted by Crippen LogP contribution is 2.26. The Labute approximate surface area is 127 Å². The molecule has 2 rings (SSSR count). The molecule has 0 spiro atoms. The molecule has 0 radical (unpaired) electrons. The maximum absolute atomic E-state index is 12.2. The molecule has 5 nitrogen and oxygen atoms in total. The molecule has 2 heterocycles. The molecule has 1 aliphatic rings. The fourth-order valence-electron chi connectivity index (χ4n) is 3.15. The lowest BCUT2D eigenvalue weighted by molar-refractivity contribution is -0.120. The topological polar surface area (TPSA) is 56.2 Å². The summed E-state index contributed by atoms with van der Waals surface area (Å²) in [6.07, 6.45) is 1.71. The first-order valence-electron chi connectivity index (χ1n) is 7.77. The van der Waals surface area contributed by atoms with E-state index in [9.17, 15) is 4.79 Å². The van der Waals surface area contributed by atoms with Crippen LogP contribution >= 0.6 is 0 Å². The van der Waals surface area contributed by atoms with E-state index in [1.807, 2.05) is 25.6 Å². The third-order valence-electron chi connectivity index (χ3n) is 4.48. The summed E-state index contributed by atoms with van der Waals surface area (Å²) in [6.45, 7) is 9.82. The number of nitrogens with one attached hydrogen (secondary N) is 1. The molecule has 21 heavy (non-hydrogen) atoms. The van der Waals surface area contributed by atoms with Gasteiger partial charge in [0, 0.05) is 37.4 Å². The normalized spacial score (nSPS) is 22.0. The molecular formula is C16H27N3O2. The smallest absolute Gasteiger partial charge is 0.224 e. The van der Waals surface area contributed by atoms with Gasteiger partial charge in [0.05, 0.1) is 18.2 Å². The highest BCUT2D eigenvalue weighted by molar-refractivity contribution is 5.79. The maximum atomic E-state index is 12.2. The summed E-state index contributed by atoms with van der Waals surface area (Å²) in [4.78, 5) is 12.2. The van der Waals surface area contributed by atoms with Crippen molar-refractivity contribution in [1.29, 1.82) is 0 Å². The third kappa shape index (κ3) is 3.64. The number of carbonyl (C=O) groups excluding carboxylic acids is 1. The number of nitrogens with zero attached hydrogens (tertiary/aromatic N) is 2. The van der Waals surface area contributed by atoms with E-state index in [0.29, 0.717) is 24.8 Å². The van der Waals surface area contributed by atoms with Crippen molar-refractivity contribution in [2.24, 2.45) is 18.9 Å². The molecule has 118 valence electrons. The van der Waals surface area contributed by atoms with Crippen LogP contribution in [0.1, 0.15) is 37.2 Å². The minimum absolute atomic E-state index is 0.0728. The first-order chi connectivity index (χ1) is 9.90. The van der Waals surface area contributed by atoms with E-state index in [-0.39, 0.29) is 12.0 Å². The van der Waals surface area contributed by atoms with Crippen molar-refractivity contribution in [3.8, 4) is 0 Å². The van der Waals surface area contributed by atoms with Crippen molar-refractivity contribution in [2.45, 2.75) is 46.6 Å². The van der Waals surface area contributed by atoms with Gasteiger partial charge in [0.15, 0.2) is 0 Å². The van der Waals surface area contributed by atoms with Crippen molar-refractivity contribution in [3.05, 3.63) is 17.0 Å². The Kier molecular flexibility index (Phi) is 5.04. The molecule has 1 aliphatic heterocycles. The zero-order valence-corrected chi connectivity index (χ0v) is 13.8.